The molecule has 1 aliphatic heterocycles. The van der Waals surface area contributed by atoms with Gasteiger partial charge >= 0.3 is 0 Å². The summed E-state index contributed by atoms with van der Waals surface area (Å²) in [6, 6.07) is 7.66. The molecule has 25 heavy (non-hydrogen) atoms. The zero-order chi connectivity index (χ0) is 17.6. The van der Waals surface area contributed by atoms with Gasteiger partial charge in [0.1, 0.15) is 5.75 Å². The van der Waals surface area contributed by atoms with Gasteiger partial charge in [0.25, 0.3) is 0 Å². The number of amides is 1. The van der Waals surface area contributed by atoms with E-state index in [9.17, 15) is 4.79 Å². The zero-order valence-corrected chi connectivity index (χ0v) is 14.8. The second-order valence-electron chi connectivity index (χ2n) is 6.23. The fraction of sp³-hybridized carbons (Fsp3) is 0.368. The molecule has 2 aromatic rings. The van der Waals surface area contributed by atoms with Crippen LogP contribution in [0.25, 0.3) is 6.08 Å². The van der Waals surface area contributed by atoms with Gasteiger partial charge in [-0.1, -0.05) is 12.1 Å². The maximum absolute atomic E-state index is 12.3. The summed E-state index contributed by atoms with van der Waals surface area (Å²) in [7, 11) is 3.57. The first-order valence-corrected chi connectivity index (χ1v) is 8.45. The summed E-state index contributed by atoms with van der Waals surface area (Å²) in [4.78, 5) is 16.6. The summed E-state index contributed by atoms with van der Waals surface area (Å²) in [6.45, 7) is 4.17. The first-order chi connectivity index (χ1) is 12.1. The van der Waals surface area contributed by atoms with Gasteiger partial charge in [-0.05, 0) is 23.8 Å². The minimum absolute atomic E-state index is 0.0665. The third-order valence-corrected chi connectivity index (χ3v) is 4.38. The zero-order valence-electron chi connectivity index (χ0n) is 14.8. The second kappa shape index (κ2) is 7.98. The van der Waals surface area contributed by atoms with Crippen LogP contribution in [0.3, 0.4) is 0 Å². The normalized spacial score (nSPS) is 15.7. The number of aryl methyl sites for hydroxylation is 1. The number of aromatic nitrogens is 2. The van der Waals surface area contributed by atoms with Crippen LogP contribution in [0.2, 0.25) is 0 Å². The molecule has 1 aromatic carbocycles. The Balaban J connectivity index is 1.48. The lowest BCUT2D eigenvalue weighted by Gasteiger charge is -2.34. The summed E-state index contributed by atoms with van der Waals surface area (Å²) in [5, 5.41) is 4.20. The van der Waals surface area contributed by atoms with E-state index in [2.05, 4.69) is 10.00 Å². The number of methoxy groups -OCH3 is 1. The molecule has 1 saturated heterocycles. The van der Waals surface area contributed by atoms with Crippen molar-refractivity contribution in [2.75, 3.05) is 33.3 Å². The lowest BCUT2D eigenvalue weighted by Crippen LogP contribution is -2.47. The van der Waals surface area contributed by atoms with Gasteiger partial charge in [-0.25, -0.2) is 0 Å². The third kappa shape index (κ3) is 4.70. The highest BCUT2D eigenvalue weighted by molar-refractivity contribution is 5.91. The molecule has 0 unspecified atom stereocenters. The van der Waals surface area contributed by atoms with Gasteiger partial charge in [-0.3, -0.25) is 14.4 Å². The minimum atomic E-state index is 0.0665. The van der Waals surface area contributed by atoms with Crippen molar-refractivity contribution < 1.29 is 9.53 Å². The molecule has 132 valence electrons. The third-order valence-electron chi connectivity index (χ3n) is 4.38. The molecule has 1 aliphatic rings. The van der Waals surface area contributed by atoms with Crippen molar-refractivity contribution in [3.05, 3.63) is 53.9 Å². The number of ether oxygens (including phenoxy) is 1. The number of carbonyl (C=O) groups excluding carboxylic acids is 1. The van der Waals surface area contributed by atoms with Crippen molar-refractivity contribution in [3.8, 4) is 5.75 Å². The average Bonchev–Trinajstić information content (AvgIpc) is 3.05. The van der Waals surface area contributed by atoms with E-state index in [0.29, 0.717) is 0 Å². The van der Waals surface area contributed by atoms with E-state index in [1.54, 1.807) is 13.2 Å². The van der Waals surface area contributed by atoms with Crippen molar-refractivity contribution in [3.63, 3.8) is 0 Å². The molecule has 3 rings (SSSR count). The molecule has 0 saturated carbocycles. The highest BCUT2D eigenvalue weighted by Crippen LogP contribution is 2.13. The first-order valence-electron chi connectivity index (χ1n) is 8.45. The summed E-state index contributed by atoms with van der Waals surface area (Å²) in [6.07, 6.45) is 7.44. The maximum Gasteiger partial charge on any atom is 0.246 e. The van der Waals surface area contributed by atoms with Crippen molar-refractivity contribution >= 4 is 12.0 Å². The average molecular weight is 340 g/mol. The van der Waals surface area contributed by atoms with Gasteiger partial charge < -0.3 is 9.64 Å². The second-order valence-corrected chi connectivity index (χ2v) is 6.23. The van der Waals surface area contributed by atoms with Gasteiger partial charge in [0.15, 0.2) is 0 Å². The molecule has 1 amide bonds. The number of rotatable bonds is 5. The largest absolute Gasteiger partial charge is 0.497 e. The maximum atomic E-state index is 12.3. The quantitative estimate of drug-likeness (QED) is 0.779. The number of hydrogen-bond donors (Lipinski definition) is 0. The van der Waals surface area contributed by atoms with Crippen LogP contribution >= 0.6 is 0 Å². The highest BCUT2D eigenvalue weighted by Gasteiger charge is 2.19. The SMILES string of the molecule is COc1ccc(/C=C/C(=O)N2CCN(Cc3cnn(C)c3)CC2)cc1. The molecule has 0 radical (unpaired) electrons. The molecule has 6 nitrogen and oxygen atoms in total. The highest BCUT2D eigenvalue weighted by atomic mass is 16.5. The Hall–Kier alpha value is -2.60. The van der Waals surface area contributed by atoms with Crippen molar-refractivity contribution in [1.29, 1.82) is 0 Å². The molecular weight excluding hydrogens is 316 g/mol. The number of benzene rings is 1. The molecule has 1 aromatic heterocycles. The monoisotopic (exact) mass is 340 g/mol. The van der Waals surface area contributed by atoms with Gasteiger partial charge in [0.05, 0.1) is 13.3 Å². The van der Waals surface area contributed by atoms with Crippen LogP contribution in [0.4, 0.5) is 0 Å². The Morgan fingerprint density at radius 3 is 2.52 bits per heavy atom. The van der Waals surface area contributed by atoms with Crippen LogP contribution in [0, 0.1) is 0 Å². The lowest BCUT2D eigenvalue weighted by molar-refractivity contribution is -0.127. The van der Waals surface area contributed by atoms with Crippen LogP contribution in [-0.2, 0) is 18.4 Å². The van der Waals surface area contributed by atoms with E-state index in [-0.39, 0.29) is 5.91 Å². The Bertz CT molecular complexity index is 728. The fourth-order valence-electron chi connectivity index (χ4n) is 2.93. The molecule has 2 heterocycles. The molecule has 0 spiro atoms. The molecule has 0 N–H and O–H groups in total. The number of nitrogens with zero attached hydrogens (tertiary/aromatic N) is 4. The lowest BCUT2D eigenvalue weighted by atomic mass is 10.2. The Kier molecular flexibility index (Phi) is 5.50. The van der Waals surface area contributed by atoms with E-state index >= 15 is 0 Å². The van der Waals surface area contributed by atoms with E-state index in [1.165, 1.54) is 5.56 Å². The Morgan fingerprint density at radius 2 is 1.92 bits per heavy atom. The van der Waals surface area contributed by atoms with Crippen LogP contribution in [0.1, 0.15) is 11.1 Å². The Labute approximate surface area is 148 Å². The van der Waals surface area contributed by atoms with Gasteiger partial charge in [-0.15, -0.1) is 0 Å². The molecule has 0 aliphatic carbocycles. The minimum Gasteiger partial charge on any atom is -0.497 e. The van der Waals surface area contributed by atoms with Crippen molar-refractivity contribution in [2.24, 2.45) is 7.05 Å². The van der Waals surface area contributed by atoms with E-state index in [0.717, 1.165) is 44.0 Å². The van der Waals surface area contributed by atoms with Crippen LogP contribution in [-0.4, -0.2) is 58.8 Å². The molecule has 6 heteroatoms. The Morgan fingerprint density at radius 1 is 1.20 bits per heavy atom. The van der Waals surface area contributed by atoms with Gasteiger partial charge in [0, 0.05) is 57.6 Å². The van der Waals surface area contributed by atoms with E-state index in [4.69, 9.17) is 4.74 Å². The van der Waals surface area contributed by atoms with E-state index < -0.39 is 0 Å². The van der Waals surface area contributed by atoms with Gasteiger partial charge in [-0.2, -0.15) is 5.10 Å². The summed E-state index contributed by atoms with van der Waals surface area (Å²) < 4.78 is 6.95. The molecular formula is C19H24N4O2. The summed E-state index contributed by atoms with van der Waals surface area (Å²) in [5.74, 6) is 0.880. The first kappa shape index (κ1) is 17.2. The summed E-state index contributed by atoms with van der Waals surface area (Å²) >= 11 is 0. The number of hydrogen-bond acceptors (Lipinski definition) is 4. The molecule has 1 fully saturated rings. The standard InChI is InChI=1S/C19H24N4O2/c1-21-14-17(13-20-21)15-22-9-11-23(12-10-22)19(24)8-5-16-3-6-18(25-2)7-4-16/h3-8,13-14H,9-12,15H2,1-2H3/b8-5+. The predicted molar refractivity (Wildman–Crippen MR) is 97.1 cm³/mol. The smallest absolute Gasteiger partial charge is 0.246 e. The molecule has 0 bridgehead atoms. The number of piperazine rings is 1. The fourth-order valence-corrected chi connectivity index (χ4v) is 2.93. The van der Waals surface area contributed by atoms with Crippen LogP contribution < -0.4 is 4.74 Å². The summed E-state index contributed by atoms with van der Waals surface area (Å²) in [5.41, 5.74) is 2.20. The van der Waals surface area contributed by atoms with Crippen LogP contribution in [0.15, 0.2) is 42.7 Å². The van der Waals surface area contributed by atoms with Crippen LogP contribution in [0.5, 0.6) is 5.75 Å². The predicted octanol–water partition coefficient (Wildman–Crippen LogP) is 1.79. The molecule has 0 atom stereocenters. The van der Waals surface area contributed by atoms with Crippen molar-refractivity contribution in [1.82, 2.24) is 19.6 Å². The van der Waals surface area contributed by atoms with Crippen molar-refractivity contribution in [2.45, 2.75) is 6.54 Å². The topological polar surface area (TPSA) is 50.6 Å². The van der Waals surface area contributed by atoms with Gasteiger partial charge in [0.2, 0.25) is 5.91 Å². The van der Waals surface area contributed by atoms with E-state index in [1.807, 2.05) is 59.4 Å². The number of carbonyl (C=O) groups is 1.